The minimum Gasteiger partial charge on any atom is -0.389 e. The normalized spacial score (nSPS) is 13.1. The first-order chi connectivity index (χ1) is 9.49. The van der Waals surface area contributed by atoms with Crippen LogP contribution in [0.2, 0.25) is 0 Å². The third-order valence-electron chi connectivity index (χ3n) is 3.19. The first-order valence-corrected chi connectivity index (χ1v) is 7.44. The summed E-state index contributed by atoms with van der Waals surface area (Å²) in [4.78, 5) is 0. The van der Waals surface area contributed by atoms with E-state index in [1.54, 1.807) is 4.68 Å². The van der Waals surface area contributed by atoms with E-state index in [0.717, 1.165) is 30.8 Å². The van der Waals surface area contributed by atoms with Crippen LogP contribution in [0.15, 0.2) is 6.20 Å². The van der Waals surface area contributed by atoms with Gasteiger partial charge in [0.15, 0.2) is 0 Å². The average Bonchev–Trinajstić information content (AvgIpc) is 2.67. The first kappa shape index (κ1) is 17.1. The smallest absolute Gasteiger partial charge is 0.0897 e. The SMILES string of the molecule is Cc1nn(C)cc1CNCC(O)COCCCC(C)C. The Morgan fingerprint density at radius 3 is 2.80 bits per heavy atom. The quantitative estimate of drug-likeness (QED) is 0.641. The van der Waals surface area contributed by atoms with Gasteiger partial charge in [-0.2, -0.15) is 5.10 Å². The van der Waals surface area contributed by atoms with Crippen molar-refractivity contribution in [1.82, 2.24) is 15.1 Å². The number of nitrogens with one attached hydrogen (secondary N) is 1. The molecule has 0 saturated heterocycles. The molecule has 0 amide bonds. The summed E-state index contributed by atoms with van der Waals surface area (Å²) in [5.74, 6) is 0.716. The number of ether oxygens (including phenoxy) is 1. The summed E-state index contributed by atoms with van der Waals surface area (Å²) in [5, 5.41) is 17.3. The van der Waals surface area contributed by atoms with Gasteiger partial charge in [-0.25, -0.2) is 0 Å². The Morgan fingerprint density at radius 1 is 1.45 bits per heavy atom. The Bertz CT molecular complexity index is 377. The number of rotatable bonds is 10. The maximum Gasteiger partial charge on any atom is 0.0897 e. The molecule has 1 heterocycles. The van der Waals surface area contributed by atoms with Gasteiger partial charge in [-0.05, 0) is 25.7 Å². The molecule has 5 heteroatoms. The van der Waals surface area contributed by atoms with E-state index in [9.17, 15) is 5.11 Å². The second-order valence-electron chi connectivity index (χ2n) is 5.81. The highest BCUT2D eigenvalue weighted by atomic mass is 16.5. The molecule has 5 nitrogen and oxygen atoms in total. The van der Waals surface area contributed by atoms with Crippen LogP contribution in [0.1, 0.15) is 37.9 Å². The van der Waals surface area contributed by atoms with Crippen LogP contribution >= 0.6 is 0 Å². The minimum absolute atomic E-state index is 0.400. The van der Waals surface area contributed by atoms with Gasteiger partial charge in [-0.3, -0.25) is 4.68 Å². The highest BCUT2D eigenvalue weighted by molar-refractivity contribution is 5.14. The predicted octanol–water partition coefficient (Wildman–Crippen LogP) is 1.63. The molecule has 0 aromatic carbocycles. The van der Waals surface area contributed by atoms with E-state index >= 15 is 0 Å². The molecule has 0 aliphatic carbocycles. The number of hydrogen-bond acceptors (Lipinski definition) is 4. The molecule has 0 bridgehead atoms. The molecule has 1 aromatic heterocycles. The van der Waals surface area contributed by atoms with E-state index in [-0.39, 0.29) is 0 Å². The van der Waals surface area contributed by atoms with Crippen LogP contribution in [0.3, 0.4) is 0 Å². The van der Waals surface area contributed by atoms with E-state index in [1.807, 2.05) is 20.2 Å². The molecule has 0 radical (unpaired) electrons. The second kappa shape index (κ2) is 9.10. The summed E-state index contributed by atoms with van der Waals surface area (Å²) >= 11 is 0. The lowest BCUT2D eigenvalue weighted by Crippen LogP contribution is -2.30. The van der Waals surface area contributed by atoms with Crippen molar-refractivity contribution in [2.75, 3.05) is 19.8 Å². The fourth-order valence-electron chi connectivity index (χ4n) is 2.07. The number of nitrogens with zero attached hydrogens (tertiary/aromatic N) is 2. The van der Waals surface area contributed by atoms with Gasteiger partial charge < -0.3 is 15.2 Å². The Hall–Kier alpha value is -0.910. The van der Waals surface area contributed by atoms with Crippen LogP contribution in [0.5, 0.6) is 0 Å². The van der Waals surface area contributed by atoms with Gasteiger partial charge in [-0.15, -0.1) is 0 Å². The summed E-state index contributed by atoms with van der Waals surface area (Å²) in [5.41, 5.74) is 2.19. The van der Waals surface area contributed by atoms with E-state index in [0.29, 0.717) is 19.1 Å². The van der Waals surface area contributed by atoms with E-state index < -0.39 is 6.10 Å². The first-order valence-electron chi connectivity index (χ1n) is 7.44. The van der Waals surface area contributed by atoms with Gasteiger partial charge in [0.2, 0.25) is 0 Å². The topological polar surface area (TPSA) is 59.3 Å². The Kier molecular flexibility index (Phi) is 7.80. The van der Waals surface area contributed by atoms with E-state index in [4.69, 9.17) is 4.74 Å². The Labute approximate surface area is 122 Å². The van der Waals surface area contributed by atoms with Crippen molar-refractivity contribution < 1.29 is 9.84 Å². The summed E-state index contributed by atoms with van der Waals surface area (Å²) in [6.45, 7) is 8.81. The number of aryl methyl sites for hydroxylation is 2. The average molecular weight is 283 g/mol. The lowest BCUT2D eigenvalue weighted by molar-refractivity contribution is 0.0346. The van der Waals surface area contributed by atoms with Crippen molar-refractivity contribution in [1.29, 1.82) is 0 Å². The molecule has 1 rings (SSSR count). The predicted molar refractivity (Wildman–Crippen MR) is 80.5 cm³/mol. The maximum absolute atomic E-state index is 9.80. The number of hydrogen-bond donors (Lipinski definition) is 2. The third-order valence-corrected chi connectivity index (χ3v) is 3.19. The molecule has 0 fully saturated rings. The van der Waals surface area contributed by atoms with Gasteiger partial charge in [0.25, 0.3) is 0 Å². The second-order valence-corrected chi connectivity index (χ2v) is 5.81. The molecule has 0 saturated carbocycles. The number of aliphatic hydroxyl groups excluding tert-OH is 1. The fraction of sp³-hybridized carbons (Fsp3) is 0.800. The molecule has 2 N–H and O–H groups in total. The van der Waals surface area contributed by atoms with Gasteiger partial charge in [0.05, 0.1) is 18.4 Å². The molecule has 0 aliphatic rings. The van der Waals surface area contributed by atoms with E-state index in [1.165, 1.54) is 6.42 Å². The summed E-state index contributed by atoms with van der Waals surface area (Å²) in [7, 11) is 1.91. The van der Waals surface area contributed by atoms with Gasteiger partial charge in [0.1, 0.15) is 0 Å². The Morgan fingerprint density at radius 2 is 2.20 bits per heavy atom. The molecule has 0 spiro atoms. The van der Waals surface area contributed by atoms with Gasteiger partial charge in [0, 0.05) is 38.5 Å². The molecule has 20 heavy (non-hydrogen) atoms. The number of aromatic nitrogens is 2. The van der Waals surface area contributed by atoms with Crippen molar-refractivity contribution in [3.63, 3.8) is 0 Å². The molecule has 116 valence electrons. The zero-order valence-corrected chi connectivity index (χ0v) is 13.2. The molecule has 1 unspecified atom stereocenters. The molecular formula is C15H29N3O2. The zero-order valence-electron chi connectivity index (χ0n) is 13.2. The van der Waals surface area contributed by atoms with Crippen LogP contribution in [-0.2, 0) is 18.3 Å². The lowest BCUT2D eigenvalue weighted by atomic mass is 10.1. The highest BCUT2D eigenvalue weighted by Gasteiger charge is 2.06. The summed E-state index contributed by atoms with van der Waals surface area (Å²) in [6.07, 6.45) is 3.78. The standard InChI is InChI=1S/C15H29N3O2/c1-12(2)6-5-7-20-11-15(19)9-16-8-14-10-18(4)17-13(14)3/h10,12,15-16,19H,5-9,11H2,1-4H3. The van der Waals surface area contributed by atoms with Gasteiger partial charge >= 0.3 is 0 Å². The van der Waals surface area contributed by atoms with Crippen LogP contribution in [0.4, 0.5) is 0 Å². The fourth-order valence-corrected chi connectivity index (χ4v) is 2.07. The number of aliphatic hydroxyl groups is 1. The van der Waals surface area contributed by atoms with Crippen molar-refractivity contribution in [2.24, 2.45) is 13.0 Å². The Balaban J connectivity index is 2.05. The largest absolute Gasteiger partial charge is 0.389 e. The summed E-state index contributed by atoms with van der Waals surface area (Å²) < 4.78 is 7.28. The van der Waals surface area contributed by atoms with Crippen molar-refractivity contribution in [3.05, 3.63) is 17.5 Å². The van der Waals surface area contributed by atoms with Crippen LogP contribution in [0, 0.1) is 12.8 Å². The third kappa shape index (κ3) is 7.03. The summed E-state index contributed by atoms with van der Waals surface area (Å²) in [6, 6.07) is 0. The van der Waals surface area contributed by atoms with E-state index in [2.05, 4.69) is 24.3 Å². The zero-order chi connectivity index (χ0) is 15.0. The molecule has 1 atom stereocenters. The monoisotopic (exact) mass is 283 g/mol. The molecule has 0 aliphatic heterocycles. The van der Waals surface area contributed by atoms with Crippen LogP contribution in [-0.4, -0.2) is 40.7 Å². The minimum atomic E-state index is -0.453. The molecule has 1 aromatic rings. The van der Waals surface area contributed by atoms with Crippen molar-refractivity contribution in [2.45, 2.75) is 46.3 Å². The lowest BCUT2D eigenvalue weighted by Gasteiger charge is -2.12. The van der Waals surface area contributed by atoms with Crippen molar-refractivity contribution in [3.8, 4) is 0 Å². The molecular weight excluding hydrogens is 254 g/mol. The highest BCUT2D eigenvalue weighted by Crippen LogP contribution is 2.04. The van der Waals surface area contributed by atoms with Crippen LogP contribution < -0.4 is 5.32 Å². The van der Waals surface area contributed by atoms with Crippen molar-refractivity contribution >= 4 is 0 Å². The van der Waals surface area contributed by atoms with Gasteiger partial charge in [-0.1, -0.05) is 13.8 Å². The van der Waals surface area contributed by atoms with Crippen LogP contribution in [0.25, 0.3) is 0 Å². The maximum atomic E-state index is 9.80.